The monoisotopic (exact) mass is 312 g/mol. The zero-order valence-electron chi connectivity index (χ0n) is 10.7. The molecule has 0 radical (unpaired) electrons. The van der Waals surface area contributed by atoms with Crippen LogP contribution in [0.15, 0.2) is 17.0 Å². The Labute approximate surface area is 115 Å². The van der Waals surface area contributed by atoms with Gasteiger partial charge in [0, 0.05) is 25.3 Å². The summed E-state index contributed by atoms with van der Waals surface area (Å²) < 4.78 is 70.5. The van der Waals surface area contributed by atoms with E-state index in [0.717, 1.165) is 0 Å². The number of halogens is 3. The lowest BCUT2D eigenvalue weighted by atomic mass is 10.2. The van der Waals surface area contributed by atoms with Crippen LogP contribution in [0.25, 0.3) is 0 Å². The fourth-order valence-electron chi connectivity index (χ4n) is 1.64. The topological polar surface area (TPSA) is 81.4 Å². The molecule has 0 aliphatic rings. The third kappa shape index (κ3) is 4.17. The summed E-state index contributed by atoms with van der Waals surface area (Å²) in [4.78, 5) is -1.22. The van der Waals surface area contributed by atoms with E-state index in [-0.39, 0.29) is 19.6 Å². The van der Waals surface area contributed by atoms with Gasteiger partial charge in [0.1, 0.15) is 17.5 Å². The molecule has 0 aliphatic carbocycles. The SMILES string of the molecule is COCC(CCN)NS(=O)(=O)c1c(F)cc(F)cc1F. The molecule has 114 valence electrons. The Morgan fingerprint density at radius 1 is 1.30 bits per heavy atom. The molecule has 0 bridgehead atoms. The van der Waals surface area contributed by atoms with Gasteiger partial charge < -0.3 is 10.5 Å². The molecule has 9 heteroatoms. The number of methoxy groups -OCH3 is 1. The van der Waals surface area contributed by atoms with E-state index in [1.807, 2.05) is 0 Å². The maximum absolute atomic E-state index is 13.5. The second kappa shape index (κ2) is 7.02. The molecular weight excluding hydrogens is 297 g/mol. The maximum Gasteiger partial charge on any atom is 0.246 e. The van der Waals surface area contributed by atoms with E-state index in [9.17, 15) is 21.6 Å². The van der Waals surface area contributed by atoms with E-state index < -0.39 is 38.4 Å². The largest absolute Gasteiger partial charge is 0.383 e. The summed E-state index contributed by atoms with van der Waals surface area (Å²) in [6, 6.07) is -0.142. The molecule has 0 amide bonds. The van der Waals surface area contributed by atoms with Gasteiger partial charge in [-0.05, 0) is 13.0 Å². The Morgan fingerprint density at radius 2 is 1.85 bits per heavy atom. The molecule has 0 heterocycles. The summed E-state index contributed by atoms with van der Waals surface area (Å²) in [5, 5.41) is 0. The van der Waals surface area contributed by atoms with Crippen LogP contribution in [0.2, 0.25) is 0 Å². The number of benzene rings is 1. The van der Waals surface area contributed by atoms with Crippen molar-refractivity contribution in [3.05, 3.63) is 29.6 Å². The lowest BCUT2D eigenvalue weighted by molar-refractivity contribution is 0.172. The first-order valence-electron chi connectivity index (χ1n) is 5.67. The van der Waals surface area contributed by atoms with Gasteiger partial charge in [0.25, 0.3) is 0 Å². The average Bonchev–Trinajstić information content (AvgIpc) is 2.26. The summed E-state index contributed by atoms with van der Waals surface area (Å²) >= 11 is 0. The fraction of sp³-hybridized carbons (Fsp3) is 0.455. The van der Waals surface area contributed by atoms with Crippen molar-refractivity contribution in [3.63, 3.8) is 0 Å². The standard InChI is InChI=1S/C11H15F3N2O3S/c1-19-6-8(2-3-15)16-20(17,18)11-9(13)4-7(12)5-10(11)14/h4-5,8,16H,2-3,6,15H2,1H3. The minimum Gasteiger partial charge on any atom is -0.383 e. The van der Waals surface area contributed by atoms with E-state index in [0.29, 0.717) is 12.1 Å². The number of ether oxygens (including phenoxy) is 1. The van der Waals surface area contributed by atoms with Crippen LogP contribution >= 0.6 is 0 Å². The molecule has 0 aliphatic heterocycles. The Balaban J connectivity index is 3.10. The van der Waals surface area contributed by atoms with Gasteiger partial charge in [-0.25, -0.2) is 26.3 Å². The van der Waals surface area contributed by atoms with Gasteiger partial charge in [0.15, 0.2) is 4.90 Å². The first-order chi connectivity index (χ1) is 9.31. The van der Waals surface area contributed by atoms with Crippen molar-refractivity contribution < 1.29 is 26.3 Å². The molecule has 3 N–H and O–H groups in total. The van der Waals surface area contributed by atoms with Crippen molar-refractivity contribution in [2.24, 2.45) is 5.73 Å². The normalized spacial score (nSPS) is 13.4. The molecule has 0 saturated heterocycles. The third-order valence-corrected chi connectivity index (χ3v) is 4.01. The fourth-order valence-corrected chi connectivity index (χ4v) is 3.02. The van der Waals surface area contributed by atoms with Crippen LogP contribution in [-0.4, -0.2) is 34.7 Å². The Morgan fingerprint density at radius 3 is 2.30 bits per heavy atom. The van der Waals surface area contributed by atoms with E-state index in [1.165, 1.54) is 7.11 Å². The van der Waals surface area contributed by atoms with E-state index in [2.05, 4.69) is 4.72 Å². The van der Waals surface area contributed by atoms with E-state index in [1.54, 1.807) is 0 Å². The molecule has 1 atom stereocenters. The Kier molecular flexibility index (Phi) is 5.93. The number of hydrogen-bond donors (Lipinski definition) is 2. The van der Waals surface area contributed by atoms with Crippen LogP contribution < -0.4 is 10.5 Å². The van der Waals surface area contributed by atoms with Gasteiger partial charge in [-0.1, -0.05) is 0 Å². The highest BCUT2D eigenvalue weighted by Gasteiger charge is 2.27. The Bertz CT molecular complexity index is 537. The summed E-state index contributed by atoms with van der Waals surface area (Å²) in [5.41, 5.74) is 5.31. The molecule has 20 heavy (non-hydrogen) atoms. The van der Waals surface area contributed by atoms with Crippen LogP contribution in [0.5, 0.6) is 0 Å². The van der Waals surface area contributed by atoms with Crippen molar-refractivity contribution in [2.75, 3.05) is 20.3 Å². The molecule has 1 aromatic rings. The smallest absolute Gasteiger partial charge is 0.246 e. The molecule has 1 aromatic carbocycles. The van der Waals surface area contributed by atoms with Crippen molar-refractivity contribution in [2.45, 2.75) is 17.4 Å². The highest BCUT2D eigenvalue weighted by atomic mass is 32.2. The molecule has 1 rings (SSSR count). The number of hydrogen-bond acceptors (Lipinski definition) is 4. The number of sulfonamides is 1. The lowest BCUT2D eigenvalue weighted by Crippen LogP contribution is -2.40. The summed E-state index contributed by atoms with van der Waals surface area (Å²) in [6.07, 6.45) is 0.220. The number of nitrogens with two attached hydrogens (primary N) is 1. The average molecular weight is 312 g/mol. The third-order valence-electron chi connectivity index (χ3n) is 2.44. The molecular formula is C11H15F3N2O3S. The van der Waals surface area contributed by atoms with Crippen molar-refractivity contribution in [1.82, 2.24) is 4.72 Å². The van der Waals surface area contributed by atoms with Crippen molar-refractivity contribution >= 4 is 10.0 Å². The Hall–Kier alpha value is -1.16. The summed E-state index contributed by atoms with van der Waals surface area (Å²) in [6.45, 7) is 0.145. The summed E-state index contributed by atoms with van der Waals surface area (Å²) in [5.74, 6) is -4.20. The minimum atomic E-state index is -4.48. The van der Waals surface area contributed by atoms with Crippen LogP contribution in [0.3, 0.4) is 0 Å². The second-order valence-corrected chi connectivity index (χ2v) is 5.70. The first-order valence-corrected chi connectivity index (χ1v) is 7.16. The first kappa shape index (κ1) is 16.9. The highest BCUT2D eigenvalue weighted by molar-refractivity contribution is 7.89. The van der Waals surface area contributed by atoms with E-state index >= 15 is 0 Å². The highest BCUT2D eigenvalue weighted by Crippen LogP contribution is 2.20. The van der Waals surface area contributed by atoms with Gasteiger partial charge in [-0.15, -0.1) is 0 Å². The zero-order valence-corrected chi connectivity index (χ0v) is 11.5. The number of rotatable bonds is 7. The van der Waals surface area contributed by atoms with Gasteiger partial charge in [-0.3, -0.25) is 0 Å². The van der Waals surface area contributed by atoms with Gasteiger partial charge >= 0.3 is 0 Å². The van der Waals surface area contributed by atoms with E-state index in [4.69, 9.17) is 10.5 Å². The molecule has 1 unspecified atom stereocenters. The molecule has 5 nitrogen and oxygen atoms in total. The van der Waals surface area contributed by atoms with Crippen LogP contribution in [0.4, 0.5) is 13.2 Å². The maximum atomic E-state index is 13.5. The van der Waals surface area contributed by atoms with Crippen LogP contribution in [-0.2, 0) is 14.8 Å². The quantitative estimate of drug-likeness (QED) is 0.778. The molecule has 0 spiro atoms. The van der Waals surface area contributed by atoms with Crippen LogP contribution in [0, 0.1) is 17.5 Å². The lowest BCUT2D eigenvalue weighted by Gasteiger charge is -2.17. The van der Waals surface area contributed by atoms with Crippen LogP contribution in [0.1, 0.15) is 6.42 Å². The molecule has 0 saturated carbocycles. The molecule has 0 fully saturated rings. The van der Waals surface area contributed by atoms with Crippen molar-refractivity contribution in [1.29, 1.82) is 0 Å². The zero-order chi connectivity index (χ0) is 15.3. The number of nitrogens with one attached hydrogen (secondary N) is 1. The summed E-state index contributed by atoms with van der Waals surface area (Å²) in [7, 11) is -3.14. The van der Waals surface area contributed by atoms with Gasteiger partial charge in [0.2, 0.25) is 10.0 Å². The predicted molar refractivity (Wildman–Crippen MR) is 66.0 cm³/mol. The second-order valence-electron chi connectivity index (χ2n) is 4.05. The minimum absolute atomic E-state index is 0.0130. The van der Waals surface area contributed by atoms with Crippen molar-refractivity contribution in [3.8, 4) is 0 Å². The van der Waals surface area contributed by atoms with Gasteiger partial charge in [0.05, 0.1) is 6.61 Å². The molecule has 0 aromatic heterocycles. The predicted octanol–water partition coefficient (Wildman–Crippen LogP) is 0.746. The van der Waals surface area contributed by atoms with Gasteiger partial charge in [-0.2, -0.15) is 0 Å².